The Morgan fingerprint density at radius 2 is 1.76 bits per heavy atom. The third-order valence-electron chi connectivity index (χ3n) is 6.76. The number of nitrogens with zero attached hydrogens (tertiary/aromatic N) is 3. The number of sulfonamides is 1. The summed E-state index contributed by atoms with van der Waals surface area (Å²) in [4.78, 5) is 27.5. The predicted molar refractivity (Wildman–Crippen MR) is 130 cm³/mol. The Morgan fingerprint density at radius 1 is 1.13 bits per heavy atom. The highest BCUT2D eigenvalue weighted by molar-refractivity contribution is 7.90. The number of aliphatic carboxylic acids is 1. The first kappa shape index (κ1) is 27.8. The number of ether oxygens (including phenoxy) is 1. The minimum Gasteiger partial charge on any atom is -0.475 e. The van der Waals surface area contributed by atoms with Gasteiger partial charge in [0, 0.05) is 37.7 Å². The fraction of sp³-hybridized carbons (Fsp3) is 0.458. The first-order valence-electron chi connectivity index (χ1n) is 11.8. The quantitative estimate of drug-likeness (QED) is 0.593. The molecule has 4 heterocycles. The number of fused-ring (bicyclic) bond motifs is 1. The number of hydrogen-bond acceptors (Lipinski definition) is 6. The number of morpholine rings is 1. The molecule has 1 aromatic carbocycles. The predicted octanol–water partition coefficient (Wildman–Crippen LogP) is 2.87. The number of halogens is 3. The molecule has 0 unspecified atom stereocenters. The van der Waals surface area contributed by atoms with Crippen LogP contribution >= 0.6 is 0 Å². The summed E-state index contributed by atoms with van der Waals surface area (Å²) in [6.07, 6.45) is -0.671. The van der Waals surface area contributed by atoms with Crippen LogP contribution in [0.3, 0.4) is 0 Å². The molecule has 206 valence electrons. The largest absolute Gasteiger partial charge is 0.490 e. The molecule has 2 aromatic rings. The second kappa shape index (κ2) is 10.5. The monoisotopic (exact) mass is 556 g/mol. The van der Waals surface area contributed by atoms with E-state index in [-0.39, 0.29) is 31.8 Å². The fourth-order valence-electron chi connectivity index (χ4n) is 4.96. The number of aryl methyl sites for hydroxylation is 1. The Hall–Kier alpha value is -3.23. The molecule has 1 aromatic heterocycles. The molecule has 2 bridgehead atoms. The van der Waals surface area contributed by atoms with Crippen LogP contribution in [-0.4, -0.2) is 82.5 Å². The summed E-state index contributed by atoms with van der Waals surface area (Å²) in [5, 5.41) is 9.45. The summed E-state index contributed by atoms with van der Waals surface area (Å²) < 4.78 is 66.0. The average molecular weight is 557 g/mol. The molecule has 0 saturated carbocycles. The summed E-state index contributed by atoms with van der Waals surface area (Å²) in [7, 11) is -3.51. The van der Waals surface area contributed by atoms with Gasteiger partial charge in [-0.15, -0.1) is 0 Å². The first-order valence-corrected chi connectivity index (χ1v) is 13.3. The number of carbonyl (C=O) groups excluding carboxylic acids is 1. The minimum atomic E-state index is -5.08. The van der Waals surface area contributed by atoms with E-state index >= 15 is 0 Å². The van der Waals surface area contributed by atoms with Gasteiger partial charge < -0.3 is 20.1 Å². The molecule has 3 atom stereocenters. The number of aromatic nitrogens is 1. The van der Waals surface area contributed by atoms with E-state index in [1.54, 1.807) is 17.3 Å². The summed E-state index contributed by atoms with van der Waals surface area (Å²) in [6.45, 7) is 3.29. The molecule has 10 nitrogen and oxygen atoms in total. The zero-order chi connectivity index (χ0) is 27.7. The summed E-state index contributed by atoms with van der Waals surface area (Å²) >= 11 is 0. The van der Waals surface area contributed by atoms with Crippen molar-refractivity contribution in [2.45, 2.75) is 49.4 Å². The zero-order valence-electron chi connectivity index (χ0n) is 20.4. The van der Waals surface area contributed by atoms with Crippen LogP contribution in [0.4, 0.5) is 23.7 Å². The minimum absolute atomic E-state index is 0.220. The maximum absolute atomic E-state index is 13.3. The number of benzene rings is 1. The Morgan fingerprint density at radius 3 is 2.34 bits per heavy atom. The van der Waals surface area contributed by atoms with Crippen molar-refractivity contribution in [1.82, 2.24) is 14.2 Å². The van der Waals surface area contributed by atoms with Crippen LogP contribution in [0.1, 0.15) is 24.5 Å². The first-order chi connectivity index (χ1) is 17.8. The number of carboxylic acids is 1. The second-order valence-corrected chi connectivity index (χ2v) is 11.5. The second-order valence-electron chi connectivity index (χ2n) is 9.36. The van der Waals surface area contributed by atoms with Crippen molar-refractivity contribution in [2.75, 3.05) is 25.0 Å². The van der Waals surface area contributed by atoms with Gasteiger partial charge in [-0.2, -0.15) is 17.5 Å². The van der Waals surface area contributed by atoms with E-state index in [1.807, 2.05) is 36.4 Å². The van der Waals surface area contributed by atoms with Gasteiger partial charge in [-0.1, -0.05) is 19.1 Å². The average Bonchev–Trinajstić information content (AvgIpc) is 3.23. The number of urea groups is 1. The van der Waals surface area contributed by atoms with Gasteiger partial charge in [-0.3, -0.25) is 4.98 Å². The highest BCUT2D eigenvalue weighted by Gasteiger charge is 2.65. The zero-order valence-corrected chi connectivity index (χ0v) is 21.2. The van der Waals surface area contributed by atoms with E-state index < -0.39 is 33.0 Å². The van der Waals surface area contributed by atoms with E-state index in [9.17, 15) is 26.4 Å². The molecule has 0 radical (unpaired) electrons. The lowest BCUT2D eigenvalue weighted by Gasteiger charge is -2.39. The van der Waals surface area contributed by atoms with Crippen molar-refractivity contribution >= 4 is 27.7 Å². The molecule has 38 heavy (non-hydrogen) atoms. The van der Waals surface area contributed by atoms with E-state index in [1.165, 1.54) is 9.87 Å². The number of rotatable bonds is 4. The van der Waals surface area contributed by atoms with Crippen molar-refractivity contribution in [1.29, 1.82) is 0 Å². The smallest absolute Gasteiger partial charge is 0.475 e. The van der Waals surface area contributed by atoms with Crippen LogP contribution in [-0.2, 0) is 32.5 Å². The van der Waals surface area contributed by atoms with Gasteiger partial charge in [-0.05, 0) is 48.2 Å². The molecule has 1 spiro atoms. The number of nitrogens with one attached hydrogen (secondary N) is 1. The van der Waals surface area contributed by atoms with Crippen molar-refractivity contribution in [3.05, 3.63) is 59.9 Å². The van der Waals surface area contributed by atoms with Gasteiger partial charge in [0.2, 0.25) is 10.0 Å². The van der Waals surface area contributed by atoms with Crippen molar-refractivity contribution in [2.24, 2.45) is 0 Å². The molecule has 5 rings (SSSR count). The summed E-state index contributed by atoms with van der Waals surface area (Å²) in [5.74, 6) is -2.76. The highest BCUT2D eigenvalue weighted by atomic mass is 32.2. The van der Waals surface area contributed by atoms with Crippen LogP contribution in [0.5, 0.6) is 0 Å². The molecule has 14 heteroatoms. The lowest BCUT2D eigenvalue weighted by molar-refractivity contribution is -0.192. The summed E-state index contributed by atoms with van der Waals surface area (Å²) in [5.41, 5.74) is 1.94. The van der Waals surface area contributed by atoms with E-state index in [0.717, 1.165) is 17.7 Å². The number of likely N-dealkylation sites (tertiary alicyclic amines) is 1. The molecule has 2 N–H and O–H groups in total. The Balaban J connectivity index is 0.000000426. The maximum Gasteiger partial charge on any atom is 0.490 e. The number of carbonyl (C=O) groups is 2. The number of pyridine rings is 1. The third-order valence-corrected chi connectivity index (χ3v) is 9.08. The molecule has 0 aliphatic carbocycles. The van der Waals surface area contributed by atoms with Gasteiger partial charge >= 0.3 is 18.2 Å². The molecule has 2 amide bonds. The highest BCUT2D eigenvalue weighted by Crippen LogP contribution is 2.47. The Bertz CT molecular complexity index is 1280. The SMILES string of the molecule is CCc1ccc(NC(=O)N2C[C@H]3C[C@H]4[C@](C2)(CN(Cc2ccncc2)S4(=O)=O)O3)cc1.O=C(O)C(F)(F)F. The van der Waals surface area contributed by atoms with Crippen LogP contribution in [0.2, 0.25) is 0 Å². The van der Waals surface area contributed by atoms with Gasteiger partial charge in [0.1, 0.15) is 10.9 Å². The van der Waals surface area contributed by atoms with Gasteiger partial charge in [0.25, 0.3) is 0 Å². The molecule has 3 fully saturated rings. The van der Waals surface area contributed by atoms with Crippen LogP contribution in [0.25, 0.3) is 0 Å². The fourth-order valence-corrected chi connectivity index (χ4v) is 7.26. The van der Waals surface area contributed by atoms with Gasteiger partial charge in [0.05, 0.1) is 12.6 Å². The van der Waals surface area contributed by atoms with Crippen molar-refractivity contribution in [3.8, 4) is 0 Å². The molecule has 3 aliphatic rings. The lowest BCUT2D eigenvalue weighted by atomic mass is 9.99. The van der Waals surface area contributed by atoms with E-state index in [4.69, 9.17) is 14.6 Å². The van der Waals surface area contributed by atoms with Crippen molar-refractivity contribution in [3.63, 3.8) is 0 Å². The lowest BCUT2D eigenvalue weighted by Crippen LogP contribution is -2.57. The number of amides is 2. The number of carboxylic acid groups (broad SMARTS) is 1. The van der Waals surface area contributed by atoms with Crippen molar-refractivity contribution < 1.29 is 41.0 Å². The standard InChI is InChI=1S/C22H26N4O4S.C2HF3O2/c1-2-16-3-5-18(6-4-16)24-21(27)25-13-19-11-20-22(14-25,30-19)15-26(31(20,28)29)12-17-7-9-23-10-8-17;3-2(4,5)1(6)7/h3-10,19-20H,2,11-15H2,1H3,(H,24,27);(H,6,7)/t19-,20+,22+;/m1./s1. The van der Waals surface area contributed by atoms with Crippen LogP contribution in [0, 0.1) is 0 Å². The maximum atomic E-state index is 13.3. The Labute approximate surface area is 217 Å². The summed E-state index contributed by atoms with van der Waals surface area (Å²) in [6, 6.07) is 11.2. The number of alkyl halides is 3. The third kappa shape index (κ3) is 5.76. The van der Waals surface area contributed by atoms with Crippen LogP contribution < -0.4 is 5.32 Å². The molecule has 3 saturated heterocycles. The normalized spacial score (nSPS) is 25.7. The molecular formula is C24H27F3N4O6S. The topological polar surface area (TPSA) is 129 Å². The Kier molecular flexibility index (Phi) is 7.68. The number of hydrogen-bond donors (Lipinski definition) is 2. The molecular weight excluding hydrogens is 529 g/mol. The van der Waals surface area contributed by atoms with Crippen LogP contribution in [0.15, 0.2) is 48.8 Å². The van der Waals surface area contributed by atoms with E-state index in [2.05, 4.69) is 17.2 Å². The molecule has 3 aliphatic heterocycles. The van der Waals surface area contributed by atoms with Gasteiger partial charge in [-0.25, -0.2) is 18.0 Å². The van der Waals surface area contributed by atoms with E-state index in [0.29, 0.717) is 13.0 Å². The number of anilines is 1. The van der Waals surface area contributed by atoms with Gasteiger partial charge in [0.15, 0.2) is 0 Å².